The first-order chi connectivity index (χ1) is 6.77. The Balaban J connectivity index is 2.25. The highest BCUT2D eigenvalue weighted by molar-refractivity contribution is 5.85. The van der Waals surface area contributed by atoms with E-state index in [0.717, 1.165) is 0 Å². The maximum Gasteiger partial charge on any atom is 0.354 e. The zero-order chi connectivity index (χ0) is 9.97. The van der Waals surface area contributed by atoms with Crippen molar-refractivity contribution in [3.8, 4) is 0 Å². The van der Waals surface area contributed by atoms with Crippen molar-refractivity contribution in [2.75, 3.05) is 0 Å². The molecule has 0 unspecified atom stereocenters. The summed E-state index contributed by atoms with van der Waals surface area (Å²) in [5, 5.41) is 12.7. The molecular weight excluding hydrogens is 184 g/mol. The number of carboxylic acid groups (broad SMARTS) is 1. The first-order valence-corrected chi connectivity index (χ1v) is 4.05. The fourth-order valence-electron chi connectivity index (χ4n) is 1.19. The summed E-state index contributed by atoms with van der Waals surface area (Å²) in [5.74, 6) is -0.315. The molecule has 2 aromatic rings. The summed E-state index contributed by atoms with van der Waals surface area (Å²) in [6.45, 7) is 0.335. The lowest BCUT2D eigenvalue weighted by Crippen LogP contribution is -2.10. The van der Waals surface area contributed by atoms with Crippen LogP contribution in [0.15, 0.2) is 35.1 Å². The smallest absolute Gasteiger partial charge is 0.354 e. The van der Waals surface area contributed by atoms with Crippen molar-refractivity contribution in [1.82, 2.24) is 9.78 Å². The van der Waals surface area contributed by atoms with E-state index in [2.05, 4.69) is 5.10 Å². The summed E-state index contributed by atoms with van der Waals surface area (Å²) in [4.78, 5) is 10.7. The van der Waals surface area contributed by atoms with E-state index in [9.17, 15) is 4.79 Å². The van der Waals surface area contributed by atoms with Gasteiger partial charge in [-0.1, -0.05) is 0 Å². The number of carboxylic acids is 1. The van der Waals surface area contributed by atoms with Gasteiger partial charge >= 0.3 is 5.97 Å². The molecule has 0 spiro atoms. The van der Waals surface area contributed by atoms with Gasteiger partial charge in [0.05, 0.1) is 12.8 Å². The lowest BCUT2D eigenvalue weighted by molar-refractivity contribution is 0.0683. The zero-order valence-corrected chi connectivity index (χ0v) is 7.25. The highest BCUT2D eigenvalue weighted by atomic mass is 16.4. The summed E-state index contributed by atoms with van der Waals surface area (Å²) in [6.07, 6.45) is 2.99. The minimum atomic E-state index is -0.992. The molecule has 2 aromatic heterocycles. The average molecular weight is 192 g/mol. The van der Waals surface area contributed by atoms with Gasteiger partial charge in [0.15, 0.2) is 0 Å². The van der Waals surface area contributed by atoms with Crippen molar-refractivity contribution in [2.45, 2.75) is 6.54 Å². The van der Waals surface area contributed by atoms with Crippen LogP contribution in [0.3, 0.4) is 0 Å². The molecule has 0 aromatic carbocycles. The monoisotopic (exact) mass is 192 g/mol. The number of furan rings is 1. The SMILES string of the molecule is O=C(O)c1ccnn1Cc1ccco1. The normalized spacial score (nSPS) is 10.3. The summed E-state index contributed by atoms with van der Waals surface area (Å²) in [5.41, 5.74) is 0.154. The second-order valence-corrected chi connectivity index (χ2v) is 2.76. The van der Waals surface area contributed by atoms with Crippen LogP contribution in [0.2, 0.25) is 0 Å². The van der Waals surface area contributed by atoms with Crippen LogP contribution in [0.25, 0.3) is 0 Å². The van der Waals surface area contributed by atoms with Gasteiger partial charge in [-0.25, -0.2) is 4.79 Å². The van der Waals surface area contributed by atoms with E-state index in [4.69, 9.17) is 9.52 Å². The maximum absolute atomic E-state index is 10.7. The highest BCUT2D eigenvalue weighted by Gasteiger charge is 2.10. The van der Waals surface area contributed by atoms with Crippen LogP contribution < -0.4 is 0 Å². The lowest BCUT2D eigenvalue weighted by Gasteiger charge is -2.00. The third-order valence-corrected chi connectivity index (χ3v) is 1.82. The minimum Gasteiger partial charge on any atom is -0.477 e. The van der Waals surface area contributed by atoms with Gasteiger partial charge in [0.1, 0.15) is 11.5 Å². The Morgan fingerprint density at radius 1 is 1.57 bits per heavy atom. The molecule has 5 heteroatoms. The van der Waals surface area contributed by atoms with Crippen molar-refractivity contribution in [2.24, 2.45) is 0 Å². The van der Waals surface area contributed by atoms with Gasteiger partial charge in [-0.2, -0.15) is 5.10 Å². The zero-order valence-electron chi connectivity index (χ0n) is 7.25. The molecule has 14 heavy (non-hydrogen) atoms. The molecular formula is C9H8N2O3. The Morgan fingerprint density at radius 2 is 2.43 bits per heavy atom. The maximum atomic E-state index is 10.7. The Bertz CT molecular complexity index is 431. The van der Waals surface area contributed by atoms with Gasteiger partial charge in [-0.15, -0.1) is 0 Å². The number of aromatic nitrogens is 2. The molecule has 0 saturated heterocycles. The summed E-state index contributed by atoms with van der Waals surface area (Å²) in [6, 6.07) is 4.97. The van der Waals surface area contributed by atoms with E-state index >= 15 is 0 Å². The van der Waals surface area contributed by atoms with Crippen molar-refractivity contribution in [1.29, 1.82) is 0 Å². The summed E-state index contributed by atoms with van der Waals surface area (Å²) < 4.78 is 6.46. The van der Waals surface area contributed by atoms with Crippen molar-refractivity contribution in [3.05, 3.63) is 42.1 Å². The van der Waals surface area contributed by atoms with Crippen LogP contribution in [-0.4, -0.2) is 20.9 Å². The minimum absolute atomic E-state index is 0.154. The van der Waals surface area contributed by atoms with E-state index in [1.165, 1.54) is 16.9 Å². The topological polar surface area (TPSA) is 68.3 Å². The second-order valence-electron chi connectivity index (χ2n) is 2.76. The summed E-state index contributed by atoms with van der Waals surface area (Å²) >= 11 is 0. The van der Waals surface area contributed by atoms with E-state index in [-0.39, 0.29) is 5.69 Å². The lowest BCUT2D eigenvalue weighted by atomic mass is 10.4. The quantitative estimate of drug-likeness (QED) is 0.793. The number of hydrogen-bond donors (Lipinski definition) is 1. The predicted molar refractivity (Wildman–Crippen MR) is 47.0 cm³/mol. The molecule has 0 fully saturated rings. The third-order valence-electron chi connectivity index (χ3n) is 1.82. The Kier molecular flexibility index (Phi) is 2.06. The molecule has 2 heterocycles. The molecule has 0 aliphatic carbocycles. The number of carbonyl (C=O) groups is 1. The van der Waals surface area contributed by atoms with Crippen LogP contribution in [0, 0.1) is 0 Å². The second kappa shape index (κ2) is 3.37. The first-order valence-electron chi connectivity index (χ1n) is 4.05. The van der Waals surface area contributed by atoms with Gasteiger partial charge in [-0.3, -0.25) is 4.68 Å². The molecule has 0 amide bonds. The van der Waals surface area contributed by atoms with Crippen LogP contribution in [-0.2, 0) is 6.54 Å². The van der Waals surface area contributed by atoms with Crippen molar-refractivity contribution >= 4 is 5.97 Å². The van der Waals surface area contributed by atoms with E-state index in [1.807, 2.05) is 0 Å². The van der Waals surface area contributed by atoms with Crippen LogP contribution >= 0.6 is 0 Å². The molecule has 1 N–H and O–H groups in total. The van der Waals surface area contributed by atoms with Gasteiger partial charge < -0.3 is 9.52 Å². The van der Waals surface area contributed by atoms with Crippen molar-refractivity contribution < 1.29 is 14.3 Å². The average Bonchev–Trinajstić information content (AvgIpc) is 2.75. The Labute approximate surface area is 79.6 Å². The fourth-order valence-corrected chi connectivity index (χ4v) is 1.19. The standard InChI is InChI=1S/C9H8N2O3/c12-9(13)8-3-4-10-11(8)6-7-2-1-5-14-7/h1-5H,6H2,(H,12,13). The predicted octanol–water partition coefficient (Wildman–Crippen LogP) is 1.22. The summed E-state index contributed by atoms with van der Waals surface area (Å²) in [7, 11) is 0. The molecule has 72 valence electrons. The molecule has 0 radical (unpaired) electrons. The van der Waals surface area contributed by atoms with E-state index in [0.29, 0.717) is 12.3 Å². The molecule has 0 aliphatic rings. The van der Waals surface area contributed by atoms with Crippen molar-refractivity contribution in [3.63, 3.8) is 0 Å². The van der Waals surface area contributed by atoms with Crippen LogP contribution in [0.1, 0.15) is 16.2 Å². The number of nitrogens with zero attached hydrogens (tertiary/aromatic N) is 2. The first kappa shape index (κ1) is 8.55. The van der Waals surface area contributed by atoms with Gasteiger partial charge in [-0.05, 0) is 18.2 Å². The van der Waals surface area contributed by atoms with E-state index < -0.39 is 5.97 Å². The molecule has 5 nitrogen and oxygen atoms in total. The fraction of sp³-hybridized carbons (Fsp3) is 0.111. The Morgan fingerprint density at radius 3 is 3.07 bits per heavy atom. The Hall–Kier alpha value is -2.04. The van der Waals surface area contributed by atoms with Gasteiger partial charge in [0, 0.05) is 6.20 Å². The number of aromatic carboxylic acids is 1. The van der Waals surface area contributed by atoms with Gasteiger partial charge in [0.2, 0.25) is 0 Å². The molecule has 2 rings (SSSR count). The highest BCUT2D eigenvalue weighted by Crippen LogP contribution is 2.05. The molecule has 0 atom stereocenters. The van der Waals surface area contributed by atoms with Gasteiger partial charge in [0.25, 0.3) is 0 Å². The van der Waals surface area contributed by atoms with Crippen LogP contribution in [0.4, 0.5) is 0 Å². The number of hydrogen-bond acceptors (Lipinski definition) is 3. The number of rotatable bonds is 3. The largest absolute Gasteiger partial charge is 0.477 e. The molecule has 0 aliphatic heterocycles. The van der Waals surface area contributed by atoms with E-state index in [1.54, 1.807) is 18.4 Å². The molecule has 0 saturated carbocycles. The third kappa shape index (κ3) is 1.52. The van der Waals surface area contributed by atoms with Crippen LogP contribution in [0.5, 0.6) is 0 Å². The molecule has 0 bridgehead atoms.